The Kier molecular flexibility index (Phi) is 4.25. The molecular formula is C17H19NO2S. The van der Waals surface area contributed by atoms with Gasteiger partial charge in [-0.15, -0.1) is 11.3 Å². The summed E-state index contributed by atoms with van der Waals surface area (Å²) in [5.74, 6) is -0.798. The van der Waals surface area contributed by atoms with Gasteiger partial charge in [0.15, 0.2) is 0 Å². The topological polar surface area (TPSA) is 49.3 Å². The average Bonchev–Trinajstić information content (AvgIpc) is 3.02. The molecular weight excluding hydrogens is 282 g/mol. The van der Waals surface area contributed by atoms with E-state index in [1.165, 1.54) is 10.4 Å². The van der Waals surface area contributed by atoms with Crippen molar-refractivity contribution in [3.05, 3.63) is 41.8 Å². The largest absolute Gasteiger partial charge is 0.481 e. The fourth-order valence-electron chi connectivity index (χ4n) is 2.93. The van der Waals surface area contributed by atoms with Crippen molar-refractivity contribution in [3.8, 4) is 10.4 Å². The predicted octanol–water partition coefficient (Wildman–Crippen LogP) is 4.47. The van der Waals surface area contributed by atoms with Gasteiger partial charge in [0, 0.05) is 16.6 Å². The minimum atomic E-state index is -0.645. The van der Waals surface area contributed by atoms with Crippen LogP contribution in [0.4, 0.5) is 5.69 Å². The summed E-state index contributed by atoms with van der Waals surface area (Å²) in [4.78, 5) is 12.2. The van der Waals surface area contributed by atoms with Gasteiger partial charge in [-0.3, -0.25) is 4.79 Å². The molecule has 0 aliphatic heterocycles. The smallest absolute Gasteiger partial charge is 0.306 e. The lowest BCUT2D eigenvalue weighted by Gasteiger charge is -2.27. The van der Waals surface area contributed by atoms with E-state index in [1.807, 2.05) is 0 Å². The van der Waals surface area contributed by atoms with Crippen molar-refractivity contribution in [2.75, 3.05) is 5.32 Å². The third-order valence-electron chi connectivity index (χ3n) is 4.12. The van der Waals surface area contributed by atoms with Crippen LogP contribution in [0.1, 0.15) is 25.7 Å². The summed E-state index contributed by atoms with van der Waals surface area (Å²) in [6, 6.07) is 13.0. The predicted molar refractivity (Wildman–Crippen MR) is 86.8 cm³/mol. The van der Waals surface area contributed by atoms with E-state index < -0.39 is 5.97 Å². The van der Waals surface area contributed by atoms with Gasteiger partial charge in [-0.05, 0) is 54.8 Å². The first kappa shape index (κ1) is 14.1. The first-order valence-electron chi connectivity index (χ1n) is 7.35. The van der Waals surface area contributed by atoms with Crippen LogP contribution in [-0.2, 0) is 4.79 Å². The van der Waals surface area contributed by atoms with Crippen LogP contribution in [0, 0.1) is 5.92 Å². The summed E-state index contributed by atoms with van der Waals surface area (Å²) < 4.78 is 0. The zero-order chi connectivity index (χ0) is 14.7. The number of carbonyl (C=O) groups is 1. The van der Waals surface area contributed by atoms with Crippen LogP contribution >= 0.6 is 11.3 Å². The molecule has 3 rings (SSSR count). The molecule has 2 aromatic rings. The summed E-state index contributed by atoms with van der Waals surface area (Å²) in [5.41, 5.74) is 2.36. The molecule has 1 aromatic heterocycles. The van der Waals surface area contributed by atoms with Gasteiger partial charge in [-0.25, -0.2) is 0 Å². The number of carboxylic acids is 1. The maximum Gasteiger partial charge on any atom is 0.306 e. The molecule has 1 aromatic carbocycles. The number of nitrogens with one attached hydrogen (secondary N) is 1. The highest BCUT2D eigenvalue weighted by atomic mass is 32.1. The van der Waals surface area contributed by atoms with Gasteiger partial charge in [-0.2, -0.15) is 0 Å². The lowest BCUT2D eigenvalue weighted by molar-refractivity contribution is -0.142. The summed E-state index contributed by atoms with van der Waals surface area (Å²) in [7, 11) is 0. The molecule has 0 saturated heterocycles. The number of rotatable bonds is 4. The Balaban J connectivity index is 1.64. The van der Waals surface area contributed by atoms with Crippen molar-refractivity contribution in [3.63, 3.8) is 0 Å². The molecule has 0 bridgehead atoms. The van der Waals surface area contributed by atoms with Crippen molar-refractivity contribution < 1.29 is 9.90 Å². The van der Waals surface area contributed by atoms with Crippen LogP contribution in [0.5, 0.6) is 0 Å². The van der Waals surface area contributed by atoms with Gasteiger partial charge in [0.05, 0.1) is 5.92 Å². The number of hydrogen-bond acceptors (Lipinski definition) is 3. The van der Waals surface area contributed by atoms with Crippen LogP contribution in [-0.4, -0.2) is 17.1 Å². The van der Waals surface area contributed by atoms with Crippen molar-refractivity contribution in [2.45, 2.75) is 31.7 Å². The molecule has 110 valence electrons. The second-order valence-electron chi connectivity index (χ2n) is 5.59. The standard InChI is InChI=1S/C17H19NO2S/c19-17(20)12-6-8-14(9-7-12)18-15-4-1-3-13(11-15)16-5-2-10-21-16/h1-5,10-12,14,18H,6-9H2,(H,19,20). The minimum absolute atomic E-state index is 0.152. The van der Waals surface area contributed by atoms with Gasteiger partial charge in [0.2, 0.25) is 0 Å². The number of benzene rings is 1. The Hall–Kier alpha value is -1.81. The maximum atomic E-state index is 11.0. The van der Waals surface area contributed by atoms with Crippen LogP contribution in [0.2, 0.25) is 0 Å². The van der Waals surface area contributed by atoms with E-state index in [-0.39, 0.29) is 5.92 Å². The van der Waals surface area contributed by atoms with Crippen LogP contribution < -0.4 is 5.32 Å². The minimum Gasteiger partial charge on any atom is -0.481 e. The van der Waals surface area contributed by atoms with E-state index in [0.29, 0.717) is 6.04 Å². The molecule has 1 saturated carbocycles. The molecule has 0 spiro atoms. The number of carboxylic acid groups (broad SMARTS) is 1. The Morgan fingerprint density at radius 3 is 2.62 bits per heavy atom. The van der Waals surface area contributed by atoms with Gasteiger partial charge >= 0.3 is 5.97 Å². The van der Waals surface area contributed by atoms with Crippen molar-refractivity contribution >= 4 is 23.0 Å². The van der Waals surface area contributed by atoms with E-state index in [2.05, 4.69) is 47.1 Å². The van der Waals surface area contributed by atoms with Crippen molar-refractivity contribution in [1.29, 1.82) is 0 Å². The fourth-order valence-corrected chi connectivity index (χ4v) is 3.65. The quantitative estimate of drug-likeness (QED) is 0.876. The molecule has 0 radical (unpaired) electrons. The van der Waals surface area contributed by atoms with E-state index in [4.69, 9.17) is 5.11 Å². The number of thiophene rings is 1. The highest BCUT2D eigenvalue weighted by Crippen LogP contribution is 2.30. The highest BCUT2D eigenvalue weighted by molar-refractivity contribution is 7.13. The molecule has 1 aliphatic rings. The summed E-state index contributed by atoms with van der Waals surface area (Å²) >= 11 is 1.74. The lowest BCUT2D eigenvalue weighted by Crippen LogP contribution is -2.29. The van der Waals surface area contributed by atoms with E-state index in [1.54, 1.807) is 11.3 Å². The molecule has 1 aliphatic carbocycles. The Morgan fingerprint density at radius 2 is 1.95 bits per heavy atom. The zero-order valence-electron chi connectivity index (χ0n) is 11.8. The first-order valence-corrected chi connectivity index (χ1v) is 8.23. The molecule has 0 unspecified atom stereocenters. The van der Waals surface area contributed by atoms with Crippen LogP contribution in [0.3, 0.4) is 0 Å². The summed E-state index contributed by atoms with van der Waals surface area (Å²) in [5, 5.41) is 14.7. The van der Waals surface area contributed by atoms with Crippen molar-refractivity contribution in [1.82, 2.24) is 0 Å². The SMILES string of the molecule is O=C(O)C1CCC(Nc2cccc(-c3cccs3)c2)CC1. The highest BCUT2D eigenvalue weighted by Gasteiger charge is 2.25. The van der Waals surface area contributed by atoms with Gasteiger partial charge in [0.25, 0.3) is 0 Å². The maximum absolute atomic E-state index is 11.0. The van der Waals surface area contributed by atoms with Gasteiger partial charge in [-0.1, -0.05) is 18.2 Å². The Bertz CT molecular complexity index is 601. The molecule has 2 N–H and O–H groups in total. The molecule has 0 atom stereocenters. The molecule has 21 heavy (non-hydrogen) atoms. The van der Waals surface area contributed by atoms with Crippen LogP contribution in [0.25, 0.3) is 10.4 Å². The van der Waals surface area contributed by atoms with Crippen LogP contribution in [0.15, 0.2) is 41.8 Å². The van der Waals surface area contributed by atoms with Crippen molar-refractivity contribution in [2.24, 2.45) is 5.92 Å². The molecule has 1 fully saturated rings. The Morgan fingerprint density at radius 1 is 1.14 bits per heavy atom. The fraction of sp³-hybridized carbons (Fsp3) is 0.353. The van der Waals surface area contributed by atoms with E-state index >= 15 is 0 Å². The lowest BCUT2D eigenvalue weighted by atomic mass is 9.86. The third-order valence-corrected chi connectivity index (χ3v) is 5.03. The summed E-state index contributed by atoms with van der Waals surface area (Å²) in [6.07, 6.45) is 3.41. The molecule has 0 amide bonds. The molecule has 4 heteroatoms. The third kappa shape index (κ3) is 3.45. The van der Waals surface area contributed by atoms with Gasteiger partial charge in [0.1, 0.15) is 0 Å². The zero-order valence-corrected chi connectivity index (χ0v) is 12.6. The second kappa shape index (κ2) is 6.31. The van der Waals surface area contributed by atoms with E-state index in [9.17, 15) is 4.79 Å². The first-order chi connectivity index (χ1) is 10.2. The number of aliphatic carboxylic acids is 1. The number of hydrogen-bond donors (Lipinski definition) is 2. The monoisotopic (exact) mass is 301 g/mol. The molecule has 1 heterocycles. The van der Waals surface area contributed by atoms with E-state index in [0.717, 1.165) is 31.4 Å². The number of anilines is 1. The normalized spacial score (nSPS) is 21.9. The average molecular weight is 301 g/mol. The molecule has 3 nitrogen and oxygen atoms in total. The Labute approximate surface area is 128 Å². The second-order valence-corrected chi connectivity index (χ2v) is 6.54. The van der Waals surface area contributed by atoms with Gasteiger partial charge < -0.3 is 10.4 Å². The summed E-state index contributed by atoms with van der Waals surface area (Å²) in [6.45, 7) is 0.